The molecule has 1 aromatic heterocycles. The Kier molecular flexibility index (Phi) is 4.11. The van der Waals surface area contributed by atoms with Gasteiger partial charge in [-0.25, -0.2) is 4.98 Å². The third kappa shape index (κ3) is 3.08. The van der Waals surface area contributed by atoms with Gasteiger partial charge < -0.3 is 21.1 Å². The van der Waals surface area contributed by atoms with Crippen molar-refractivity contribution in [2.24, 2.45) is 5.92 Å². The number of amides is 1. The Labute approximate surface area is 116 Å². The fourth-order valence-electron chi connectivity index (χ4n) is 2.28. The number of carbonyl (C=O) groups is 1. The van der Waals surface area contributed by atoms with Crippen molar-refractivity contribution in [3.05, 3.63) is 17.3 Å². The van der Waals surface area contributed by atoms with Crippen LogP contribution in [0.2, 0.25) is 5.02 Å². The van der Waals surface area contributed by atoms with Gasteiger partial charge in [0.2, 0.25) is 5.91 Å². The van der Waals surface area contributed by atoms with Crippen molar-refractivity contribution in [1.82, 2.24) is 10.3 Å². The standard InChI is InChI=1S/C12H17ClN4O2/c1-15-12(19)2-7-5-17(6-10(7)18)9-3-11(14)16-4-8(9)13/h3-4,7,10,18H,2,5-6H2,1H3,(H2,14,16)(H,15,19)/t7-,10-/m1/s1. The van der Waals surface area contributed by atoms with Crippen molar-refractivity contribution in [3.8, 4) is 0 Å². The molecule has 0 radical (unpaired) electrons. The summed E-state index contributed by atoms with van der Waals surface area (Å²) in [5.41, 5.74) is 6.39. The maximum absolute atomic E-state index is 11.4. The lowest BCUT2D eigenvalue weighted by molar-refractivity contribution is -0.122. The van der Waals surface area contributed by atoms with Crippen LogP contribution in [0.25, 0.3) is 0 Å². The fraction of sp³-hybridized carbons (Fsp3) is 0.500. The van der Waals surface area contributed by atoms with Gasteiger partial charge in [-0.2, -0.15) is 0 Å². The monoisotopic (exact) mass is 284 g/mol. The Morgan fingerprint density at radius 2 is 2.42 bits per heavy atom. The Morgan fingerprint density at radius 1 is 1.68 bits per heavy atom. The first kappa shape index (κ1) is 13.9. The number of aliphatic hydroxyl groups is 1. The van der Waals surface area contributed by atoms with Crippen molar-refractivity contribution >= 4 is 29.0 Å². The Bertz CT molecular complexity index is 483. The largest absolute Gasteiger partial charge is 0.391 e. The summed E-state index contributed by atoms with van der Waals surface area (Å²) in [6.45, 7) is 1.00. The van der Waals surface area contributed by atoms with Crippen LogP contribution in [0.15, 0.2) is 12.3 Å². The lowest BCUT2D eigenvalue weighted by Crippen LogP contribution is -2.27. The van der Waals surface area contributed by atoms with E-state index in [1.165, 1.54) is 6.20 Å². The Hall–Kier alpha value is -1.53. The van der Waals surface area contributed by atoms with Crippen LogP contribution in [0.4, 0.5) is 11.5 Å². The number of anilines is 2. The van der Waals surface area contributed by atoms with Crippen molar-refractivity contribution in [2.75, 3.05) is 30.8 Å². The summed E-state index contributed by atoms with van der Waals surface area (Å²) in [6, 6.07) is 1.68. The molecule has 2 atom stereocenters. The van der Waals surface area contributed by atoms with Gasteiger partial charge in [0.05, 0.1) is 16.8 Å². The maximum Gasteiger partial charge on any atom is 0.220 e. The van der Waals surface area contributed by atoms with Crippen LogP contribution >= 0.6 is 11.6 Å². The smallest absolute Gasteiger partial charge is 0.220 e. The number of aromatic nitrogens is 1. The molecule has 4 N–H and O–H groups in total. The number of nitrogens with two attached hydrogens (primary N) is 1. The molecule has 19 heavy (non-hydrogen) atoms. The second kappa shape index (κ2) is 5.63. The van der Waals surface area contributed by atoms with Gasteiger partial charge >= 0.3 is 0 Å². The number of nitrogens with zero attached hydrogens (tertiary/aromatic N) is 2. The van der Waals surface area contributed by atoms with E-state index < -0.39 is 6.10 Å². The third-order valence-corrected chi connectivity index (χ3v) is 3.62. The lowest BCUT2D eigenvalue weighted by Gasteiger charge is -2.19. The number of halogens is 1. The first-order chi connectivity index (χ1) is 9.01. The van der Waals surface area contributed by atoms with Gasteiger partial charge in [0.25, 0.3) is 0 Å². The van der Waals surface area contributed by atoms with Gasteiger partial charge in [-0.15, -0.1) is 0 Å². The number of nitrogens with one attached hydrogen (secondary N) is 1. The van der Waals surface area contributed by atoms with Crippen LogP contribution in [0.1, 0.15) is 6.42 Å². The van der Waals surface area contributed by atoms with E-state index in [1.54, 1.807) is 13.1 Å². The highest BCUT2D eigenvalue weighted by Gasteiger charge is 2.33. The minimum atomic E-state index is -0.553. The van der Waals surface area contributed by atoms with Gasteiger partial charge in [-0.3, -0.25) is 4.79 Å². The molecule has 0 unspecified atom stereocenters. The van der Waals surface area contributed by atoms with Gasteiger partial charge in [0, 0.05) is 44.7 Å². The molecule has 0 aliphatic carbocycles. The topological polar surface area (TPSA) is 91.5 Å². The zero-order valence-corrected chi connectivity index (χ0v) is 11.4. The molecule has 1 aliphatic rings. The van der Waals surface area contributed by atoms with Crippen molar-refractivity contribution in [1.29, 1.82) is 0 Å². The van der Waals surface area contributed by atoms with Crippen LogP contribution in [0.5, 0.6) is 0 Å². The van der Waals surface area contributed by atoms with E-state index >= 15 is 0 Å². The number of hydrogen-bond donors (Lipinski definition) is 3. The second-order valence-corrected chi connectivity index (χ2v) is 5.08. The number of nitrogen functional groups attached to an aromatic ring is 1. The predicted molar refractivity (Wildman–Crippen MR) is 74.1 cm³/mol. The molecule has 6 nitrogen and oxygen atoms in total. The molecular weight excluding hydrogens is 268 g/mol. The number of carbonyl (C=O) groups excluding carboxylic acids is 1. The molecule has 1 fully saturated rings. The molecule has 0 spiro atoms. The number of hydrogen-bond acceptors (Lipinski definition) is 5. The SMILES string of the molecule is CNC(=O)C[C@@H]1CN(c2cc(N)ncc2Cl)C[C@H]1O. The van der Waals surface area contributed by atoms with Crippen LogP contribution in [-0.4, -0.2) is 42.2 Å². The summed E-state index contributed by atoms with van der Waals surface area (Å²) in [5.74, 6) is 0.195. The molecule has 0 bridgehead atoms. The fourth-order valence-corrected chi connectivity index (χ4v) is 2.50. The zero-order chi connectivity index (χ0) is 14.0. The molecule has 2 rings (SSSR count). The normalized spacial score (nSPS) is 22.6. The highest BCUT2D eigenvalue weighted by atomic mass is 35.5. The molecule has 104 valence electrons. The molecule has 1 amide bonds. The molecular formula is C12H17ClN4O2. The number of β-amino-alcohol motifs (C(OH)–C–C–N with tert-alkyl or cyclic N) is 1. The highest BCUT2D eigenvalue weighted by Crippen LogP contribution is 2.32. The minimum absolute atomic E-state index is 0.0776. The summed E-state index contributed by atoms with van der Waals surface area (Å²) in [7, 11) is 1.59. The van der Waals surface area contributed by atoms with E-state index in [-0.39, 0.29) is 11.8 Å². The predicted octanol–water partition coefficient (Wildman–Crippen LogP) is 0.250. The Balaban J connectivity index is 2.12. The maximum atomic E-state index is 11.4. The molecule has 0 aromatic carbocycles. The van der Waals surface area contributed by atoms with E-state index in [4.69, 9.17) is 17.3 Å². The van der Waals surface area contributed by atoms with Crippen molar-refractivity contribution in [3.63, 3.8) is 0 Å². The first-order valence-electron chi connectivity index (χ1n) is 6.06. The number of rotatable bonds is 3. The number of aliphatic hydroxyl groups excluding tert-OH is 1. The third-order valence-electron chi connectivity index (χ3n) is 3.33. The van der Waals surface area contributed by atoms with E-state index in [9.17, 15) is 9.90 Å². The zero-order valence-electron chi connectivity index (χ0n) is 10.6. The van der Waals surface area contributed by atoms with Crippen LogP contribution < -0.4 is 16.0 Å². The highest BCUT2D eigenvalue weighted by molar-refractivity contribution is 6.33. The van der Waals surface area contributed by atoms with Crippen LogP contribution in [0, 0.1) is 5.92 Å². The summed E-state index contributed by atoms with van der Waals surface area (Å²) >= 11 is 6.08. The molecule has 0 saturated carbocycles. The summed E-state index contributed by atoms with van der Waals surface area (Å²) < 4.78 is 0. The van der Waals surface area contributed by atoms with Gasteiger partial charge in [0.15, 0.2) is 0 Å². The molecule has 2 heterocycles. The lowest BCUT2D eigenvalue weighted by atomic mass is 10.0. The van der Waals surface area contributed by atoms with Gasteiger partial charge in [0.1, 0.15) is 5.82 Å². The van der Waals surface area contributed by atoms with Crippen LogP contribution in [-0.2, 0) is 4.79 Å². The quantitative estimate of drug-likeness (QED) is 0.740. The van der Waals surface area contributed by atoms with E-state index in [2.05, 4.69) is 10.3 Å². The summed E-state index contributed by atoms with van der Waals surface area (Å²) in [6.07, 6.45) is 1.24. The number of pyridine rings is 1. The average molecular weight is 285 g/mol. The first-order valence-corrected chi connectivity index (χ1v) is 6.43. The minimum Gasteiger partial charge on any atom is -0.391 e. The van der Waals surface area contributed by atoms with Crippen LogP contribution in [0.3, 0.4) is 0 Å². The Morgan fingerprint density at radius 3 is 3.11 bits per heavy atom. The van der Waals surface area contributed by atoms with Crippen molar-refractivity contribution < 1.29 is 9.90 Å². The molecule has 1 aromatic rings. The summed E-state index contributed by atoms with van der Waals surface area (Å²) in [4.78, 5) is 17.2. The van der Waals surface area contributed by atoms with Crippen molar-refractivity contribution in [2.45, 2.75) is 12.5 Å². The molecule has 1 aliphatic heterocycles. The van der Waals surface area contributed by atoms with E-state index in [0.29, 0.717) is 30.4 Å². The summed E-state index contributed by atoms with van der Waals surface area (Å²) in [5, 5.41) is 13.1. The van der Waals surface area contributed by atoms with E-state index in [0.717, 1.165) is 5.69 Å². The average Bonchev–Trinajstić information content (AvgIpc) is 2.73. The molecule has 7 heteroatoms. The second-order valence-electron chi connectivity index (χ2n) is 4.67. The van der Waals surface area contributed by atoms with Gasteiger partial charge in [-0.05, 0) is 0 Å². The van der Waals surface area contributed by atoms with E-state index in [1.807, 2.05) is 4.90 Å². The molecule has 1 saturated heterocycles. The van der Waals surface area contributed by atoms with Gasteiger partial charge in [-0.1, -0.05) is 11.6 Å².